The molecule has 0 spiro atoms. The fraction of sp³-hybridized carbons (Fsp3) is 0.0435. The van der Waals surface area contributed by atoms with E-state index in [-0.39, 0.29) is 10.5 Å². The molecule has 0 aliphatic heterocycles. The Labute approximate surface area is 210 Å². The lowest BCUT2D eigenvalue weighted by Gasteiger charge is -2.17. The number of nitro groups is 1. The van der Waals surface area contributed by atoms with E-state index in [1.165, 1.54) is 12.1 Å². The molecular formula is C23H17ClN6O2S2. The van der Waals surface area contributed by atoms with Crippen LogP contribution >= 0.6 is 36.0 Å². The second-order valence-corrected chi connectivity index (χ2v) is 8.42. The van der Waals surface area contributed by atoms with Crippen molar-refractivity contribution < 1.29 is 4.92 Å². The van der Waals surface area contributed by atoms with Crippen LogP contribution in [0.3, 0.4) is 0 Å². The van der Waals surface area contributed by atoms with Gasteiger partial charge in [0.25, 0.3) is 5.69 Å². The van der Waals surface area contributed by atoms with Crippen LogP contribution in [0, 0.1) is 21.8 Å². The summed E-state index contributed by atoms with van der Waals surface area (Å²) in [5.74, 6) is 0.617. The standard InChI is InChI=1S/C23H17ClN6O2S2/c1-14-2-8-17(9-3-14)25-22(33)28-21-26-20(15-4-10-19(11-5-15)30(31)32)27-23(34)29(21)18-12-6-16(24)7-13-18/h2-13H,1H3,(H2,25,26,27,28,33,34). The average Bonchev–Trinajstić information content (AvgIpc) is 2.81. The largest absolute Gasteiger partial charge is 0.332 e. The molecule has 170 valence electrons. The number of aryl methyl sites for hydroxylation is 1. The molecule has 0 bridgehead atoms. The number of nitrogens with one attached hydrogen (secondary N) is 2. The van der Waals surface area contributed by atoms with Gasteiger partial charge in [0.05, 0.1) is 10.6 Å². The number of anilines is 2. The van der Waals surface area contributed by atoms with Crippen molar-refractivity contribution in [2.45, 2.75) is 6.92 Å². The zero-order valence-electron chi connectivity index (χ0n) is 17.7. The summed E-state index contributed by atoms with van der Waals surface area (Å²) >= 11 is 17.1. The van der Waals surface area contributed by atoms with E-state index >= 15 is 0 Å². The molecule has 0 saturated heterocycles. The molecule has 1 heterocycles. The topological polar surface area (TPSA) is 97.9 Å². The van der Waals surface area contributed by atoms with Crippen LogP contribution in [-0.2, 0) is 0 Å². The third-order valence-electron chi connectivity index (χ3n) is 4.77. The number of nitrogens with zero attached hydrogens (tertiary/aromatic N) is 4. The highest BCUT2D eigenvalue weighted by Crippen LogP contribution is 2.24. The number of rotatable bonds is 5. The summed E-state index contributed by atoms with van der Waals surface area (Å²) in [5.41, 5.74) is 3.16. The highest BCUT2D eigenvalue weighted by molar-refractivity contribution is 7.80. The molecule has 11 heteroatoms. The van der Waals surface area contributed by atoms with E-state index in [2.05, 4.69) is 20.6 Å². The van der Waals surface area contributed by atoms with Gasteiger partial charge in [-0.15, -0.1) is 0 Å². The Morgan fingerprint density at radius 1 is 0.971 bits per heavy atom. The lowest BCUT2D eigenvalue weighted by Crippen LogP contribution is -2.23. The fourth-order valence-corrected chi connectivity index (χ4v) is 3.69. The monoisotopic (exact) mass is 508 g/mol. The van der Waals surface area contributed by atoms with Crippen LogP contribution in [0.2, 0.25) is 5.02 Å². The number of nitro benzene ring substituents is 1. The molecule has 0 atom stereocenters. The van der Waals surface area contributed by atoms with Crippen molar-refractivity contribution in [3.05, 3.63) is 98.3 Å². The van der Waals surface area contributed by atoms with Gasteiger partial charge in [0.2, 0.25) is 10.7 Å². The first-order valence-electron chi connectivity index (χ1n) is 9.97. The minimum atomic E-state index is -0.467. The molecule has 8 nitrogen and oxygen atoms in total. The molecule has 3 aromatic carbocycles. The summed E-state index contributed by atoms with van der Waals surface area (Å²) in [6, 6.07) is 20.7. The van der Waals surface area contributed by atoms with Crippen LogP contribution in [0.25, 0.3) is 17.1 Å². The molecule has 4 aromatic rings. The van der Waals surface area contributed by atoms with Gasteiger partial charge >= 0.3 is 0 Å². The highest BCUT2D eigenvalue weighted by Gasteiger charge is 2.14. The second-order valence-electron chi connectivity index (χ2n) is 7.21. The molecule has 34 heavy (non-hydrogen) atoms. The SMILES string of the molecule is Cc1ccc(NC(=S)Nc2nc(-c3ccc([N+](=O)[O-])cc3)nc(=S)n2-c2ccc(Cl)cc2)cc1. The van der Waals surface area contributed by atoms with E-state index in [1.54, 1.807) is 41.0 Å². The predicted molar refractivity (Wildman–Crippen MR) is 140 cm³/mol. The number of halogens is 1. The highest BCUT2D eigenvalue weighted by atomic mass is 35.5. The van der Waals surface area contributed by atoms with Crippen LogP contribution in [0.5, 0.6) is 0 Å². The van der Waals surface area contributed by atoms with Crippen LogP contribution in [-0.4, -0.2) is 24.6 Å². The van der Waals surface area contributed by atoms with Crippen molar-refractivity contribution in [1.29, 1.82) is 0 Å². The Kier molecular flexibility index (Phi) is 6.92. The Morgan fingerprint density at radius 2 is 1.62 bits per heavy atom. The van der Waals surface area contributed by atoms with E-state index < -0.39 is 4.92 Å². The quantitative estimate of drug-likeness (QED) is 0.183. The summed E-state index contributed by atoms with van der Waals surface area (Å²) in [6.45, 7) is 2.00. The first-order chi connectivity index (χ1) is 16.3. The van der Waals surface area contributed by atoms with Crippen LogP contribution in [0.1, 0.15) is 5.56 Å². The Balaban J connectivity index is 1.74. The Hall–Kier alpha value is -3.73. The molecule has 0 unspecified atom stereocenters. The van der Waals surface area contributed by atoms with E-state index in [4.69, 9.17) is 36.0 Å². The molecule has 0 amide bonds. The number of hydrogen-bond acceptors (Lipinski definition) is 6. The summed E-state index contributed by atoms with van der Waals surface area (Å²) < 4.78 is 1.84. The number of thiocarbonyl (C=S) groups is 1. The molecule has 0 saturated carbocycles. The van der Waals surface area contributed by atoms with Gasteiger partial charge in [0, 0.05) is 28.4 Å². The zero-order chi connectivity index (χ0) is 24.2. The van der Waals surface area contributed by atoms with Gasteiger partial charge < -0.3 is 10.6 Å². The average molecular weight is 509 g/mol. The maximum absolute atomic E-state index is 11.0. The molecule has 2 N–H and O–H groups in total. The van der Waals surface area contributed by atoms with E-state index in [9.17, 15) is 10.1 Å². The van der Waals surface area contributed by atoms with Gasteiger partial charge in [-0.3, -0.25) is 14.7 Å². The van der Waals surface area contributed by atoms with Crippen molar-refractivity contribution in [3.8, 4) is 17.1 Å². The van der Waals surface area contributed by atoms with Crippen LogP contribution in [0.4, 0.5) is 17.3 Å². The Bertz CT molecular complexity index is 1420. The minimum absolute atomic E-state index is 0.0312. The van der Waals surface area contributed by atoms with Crippen molar-refractivity contribution in [1.82, 2.24) is 14.5 Å². The van der Waals surface area contributed by atoms with E-state index in [1.807, 2.05) is 31.2 Å². The first kappa shape index (κ1) is 23.4. The first-order valence-corrected chi connectivity index (χ1v) is 11.2. The third-order valence-corrected chi connectivity index (χ3v) is 5.50. The second kappa shape index (κ2) is 10.0. The summed E-state index contributed by atoms with van der Waals surface area (Å²) in [7, 11) is 0. The van der Waals surface area contributed by atoms with Gasteiger partial charge in [0.15, 0.2) is 10.9 Å². The predicted octanol–water partition coefficient (Wildman–Crippen LogP) is 6.34. The zero-order valence-corrected chi connectivity index (χ0v) is 20.1. The molecule has 1 aromatic heterocycles. The molecule has 0 aliphatic rings. The molecule has 0 aliphatic carbocycles. The van der Waals surface area contributed by atoms with Gasteiger partial charge in [-0.25, -0.2) is 0 Å². The normalized spacial score (nSPS) is 10.5. The molecule has 0 fully saturated rings. The third kappa shape index (κ3) is 5.42. The smallest absolute Gasteiger partial charge is 0.269 e. The number of benzene rings is 3. The summed E-state index contributed by atoms with van der Waals surface area (Å²) in [6.07, 6.45) is 0. The molecule has 0 radical (unpaired) electrons. The number of non-ortho nitro benzene ring substituents is 1. The number of aromatic nitrogens is 3. The van der Waals surface area contributed by atoms with Crippen molar-refractivity contribution in [2.24, 2.45) is 0 Å². The summed E-state index contributed by atoms with van der Waals surface area (Å²) in [4.78, 5) is 19.6. The lowest BCUT2D eigenvalue weighted by molar-refractivity contribution is -0.384. The van der Waals surface area contributed by atoms with E-state index in [0.717, 1.165) is 11.3 Å². The van der Waals surface area contributed by atoms with Crippen molar-refractivity contribution >= 4 is 58.5 Å². The lowest BCUT2D eigenvalue weighted by atomic mass is 10.2. The minimum Gasteiger partial charge on any atom is -0.332 e. The Morgan fingerprint density at radius 3 is 2.24 bits per heavy atom. The van der Waals surface area contributed by atoms with Crippen molar-refractivity contribution in [3.63, 3.8) is 0 Å². The van der Waals surface area contributed by atoms with Gasteiger partial charge in [-0.05, 0) is 79.9 Å². The number of hydrogen-bond donors (Lipinski definition) is 2. The molecule has 4 rings (SSSR count). The van der Waals surface area contributed by atoms with Crippen LogP contribution < -0.4 is 10.6 Å². The summed E-state index contributed by atoms with van der Waals surface area (Å²) in [5, 5.41) is 18.1. The van der Waals surface area contributed by atoms with Gasteiger partial charge in [-0.1, -0.05) is 29.3 Å². The van der Waals surface area contributed by atoms with Gasteiger partial charge in [-0.2, -0.15) is 9.97 Å². The maximum atomic E-state index is 11.0. The van der Waals surface area contributed by atoms with Gasteiger partial charge in [0.1, 0.15) is 0 Å². The van der Waals surface area contributed by atoms with E-state index in [0.29, 0.717) is 33.2 Å². The fourth-order valence-electron chi connectivity index (χ4n) is 3.08. The van der Waals surface area contributed by atoms with Crippen LogP contribution in [0.15, 0.2) is 72.8 Å². The van der Waals surface area contributed by atoms with Crippen molar-refractivity contribution in [2.75, 3.05) is 10.6 Å². The molecular weight excluding hydrogens is 492 g/mol. The maximum Gasteiger partial charge on any atom is 0.269 e.